The predicted molar refractivity (Wildman–Crippen MR) is 119 cm³/mol. The first-order valence-corrected chi connectivity index (χ1v) is 11.2. The van der Waals surface area contributed by atoms with Crippen molar-refractivity contribution in [2.75, 3.05) is 0 Å². The Balaban J connectivity index is 1.77. The lowest BCUT2D eigenvalue weighted by atomic mass is 10.0. The number of halogens is 1. The van der Waals surface area contributed by atoms with Crippen LogP contribution in [0.1, 0.15) is 27.3 Å². The van der Waals surface area contributed by atoms with Crippen LogP contribution in [0.25, 0.3) is 5.76 Å². The Kier molecular flexibility index (Phi) is 5.93. The van der Waals surface area contributed by atoms with Crippen molar-refractivity contribution in [3.05, 3.63) is 108 Å². The first-order valence-electron chi connectivity index (χ1n) is 9.81. The van der Waals surface area contributed by atoms with E-state index in [0.29, 0.717) is 11.1 Å². The largest absolute Gasteiger partial charge is 0.507 e. The summed E-state index contributed by atoms with van der Waals surface area (Å²) in [4.78, 5) is 16.4. The molecule has 0 saturated carbocycles. The maximum atomic E-state index is 13.3. The zero-order valence-electron chi connectivity index (χ0n) is 17.5. The molecule has 2 heterocycles. The van der Waals surface area contributed by atoms with Gasteiger partial charge in [0.25, 0.3) is 10.0 Å². The van der Waals surface area contributed by atoms with Crippen molar-refractivity contribution in [2.45, 2.75) is 11.3 Å². The summed E-state index contributed by atoms with van der Waals surface area (Å²) in [6.45, 7) is 0. The average molecular weight is 466 g/mol. The van der Waals surface area contributed by atoms with E-state index in [1.807, 2.05) is 0 Å². The highest BCUT2D eigenvalue weighted by molar-refractivity contribution is 7.90. The number of allylic oxidation sites excluding steroid dienone is 1. The Bertz CT molecular complexity index is 1440. The van der Waals surface area contributed by atoms with E-state index in [2.05, 4.69) is 10.1 Å². The van der Waals surface area contributed by atoms with Crippen LogP contribution in [0.3, 0.4) is 0 Å². The second-order valence-electron chi connectivity index (χ2n) is 7.28. The van der Waals surface area contributed by atoms with E-state index >= 15 is 0 Å². The molecule has 4 rings (SSSR count). The van der Waals surface area contributed by atoms with Gasteiger partial charge in [-0.15, -0.1) is 5.10 Å². The van der Waals surface area contributed by atoms with Crippen molar-refractivity contribution in [2.24, 2.45) is 7.05 Å². The Morgan fingerprint density at radius 3 is 2.42 bits per heavy atom. The standard InChI is InChI=1S/C23H19FN4O4S/c1-27-15-25-23(26-27)22(30)12-21(29)20-14-28(33(31,32)19-5-3-2-4-6-19)13-17(20)11-16-7-9-18(24)10-8-16/h2-10,12-15,29H,11H2,1H3. The number of aryl methyl sites for hydroxylation is 1. The molecule has 0 aliphatic heterocycles. The molecular weight excluding hydrogens is 447 g/mol. The number of ketones is 1. The van der Waals surface area contributed by atoms with E-state index in [-0.39, 0.29) is 22.7 Å². The Hall–Kier alpha value is -4.05. The van der Waals surface area contributed by atoms with Gasteiger partial charge in [-0.1, -0.05) is 30.3 Å². The number of aliphatic hydroxyl groups excluding tert-OH is 1. The first kappa shape index (κ1) is 22.2. The fourth-order valence-corrected chi connectivity index (χ4v) is 4.49. The summed E-state index contributed by atoms with van der Waals surface area (Å²) in [5, 5.41) is 14.6. The molecule has 168 valence electrons. The van der Waals surface area contributed by atoms with E-state index in [1.165, 1.54) is 47.7 Å². The number of benzene rings is 2. The molecule has 0 saturated heterocycles. The summed E-state index contributed by atoms with van der Waals surface area (Å²) >= 11 is 0. The van der Waals surface area contributed by atoms with E-state index in [4.69, 9.17) is 0 Å². The molecule has 0 spiro atoms. The molecule has 0 amide bonds. The van der Waals surface area contributed by atoms with Gasteiger partial charge in [-0.3, -0.25) is 9.48 Å². The van der Waals surface area contributed by atoms with E-state index in [1.54, 1.807) is 37.4 Å². The number of aromatic nitrogens is 4. The molecule has 1 N–H and O–H groups in total. The van der Waals surface area contributed by atoms with Gasteiger partial charge in [-0.2, -0.15) is 0 Å². The van der Waals surface area contributed by atoms with Gasteiger partial charge in [0.1, 0.15) is 17.9 Å². The van der Waals surface area contributed by atoms with Gasteiger partial charge in [0.05, 0.1) is 4.90 Å². The molecule has 4 aromatic rings. The molecular formula is C23H19FN4O4S. The molecule has 0 aliphatic rings. The predicted octanol–water partition coefficient (Wildman–Crippen LogP) is 3.37. The molecule has 8 nitrogen and oxygen atoms in total. The number of nitrogens with zero attached hydrogens (tertiary/aromatic N) is 4. The van der Waals surface area contributed by atoms with Crippen molar-refractivity contribution in [3.8, 4) is 0 Å². The van der Waals surface area contributed by atoms with Crippen molar-refractivity contribution in [1.82, 2.24) is 18.7 Å². The fraction of sp³-hybridized carbons (Fsp3) is 0.0870. The van der Waals surface area contributed by atoms with Crippen LogP contribution in [-0.4, -0.2) is 38.0 Å². The lowest BCUT2D eigenvalue weighted by molar-refractivity contribution is 0.103. The van der Waals surface area contributed by atoms with Crippen LogP contribution in [-0.2, 0) is 23.5 Å². The van der Waals surface area contributed by atoms with Crippen molar-refractivity contribution >= 4 is 21.6 Å². The molecule has 0 atom stereocenters. The average Bonchev–Trinajstić information content (AvgIpc) is 3.43. The molecule has 0 aliphatic carbocycles. The fourth-order valence-electron chi connectivity index (χ4n) is 3.24. The van der Waals surface area contributed by atoms with Crippen LogP contribution in [0.5, 0.6) is 0 Å². The van der Waals surface area contributed by atoms with Crippen LogP contribution >= 0.6 is 0 Å². The number of aliphatic hydroxyl groups is 1. The number of carbonyl (C=O) groups is 1. The van der Waals surface area contributed by atoms with Gasteiger partial charge in [-0.25, -0.2) is 21.8 Å². The summed E-state index contributed by atoms with van der Waals surface area (Å²) in [7, 11) is -2.35. The van der Waals surface area contributed by atoms with Crippen LogP contribution < -0.4 is 0 Å². The quantitative estimate of drug-likeness (QED) is 0.254. The highest BCUT2D eigenvalue weighted by Crippen LogP contribution is 2.25. The van der Waals surface area contributed by atoms with Crippen LogP contribution in [0.15, 0.2) is 84.3 Å². The van der Waals surface area contributed by atoms with Crippen molar-refractivity contribution in [3.63, 3.8) is 0 Å². The van der Waals surface area contributed by atoms with E-state index in [9.17, 15) is 22.7 Å². The number of hydrogen-bond donors (Lipinski definition) is 1. The van der Waals surface area contributed by atoms with E-state index < -0.39 is 27.4 Å². The normalized spacial score (nSPS) is 12.1. The Labute approximate surface area is 189 Å². The Morgan fingerprint density at radius 1 is 1.09 bits per heavy atom. The zero-order chi connectivity index (χ0) is 23.6. The summed E-state index contributed by atoms with van der Waals surface area (Å²) in [5.74, 6) is -1.59. The molecule has 0 radical (unpaired) electrons. The molecule has 2 aromatic heterocycles. The van der Waals surface area contributed by atoms with Gasteiger partial charge in [-0.05, 0) is 41.8 Å². The molecule has 33 heavy (non-hydrogen) atoms. The van der Waals surface area contributed by atoms with Crippen LogP contribution in [0.4, 0.5) is 4.39 Å². The van der Waals surface area contributed by atoms with E-state index in [0.717, 1.165) is 10.0 Å². The highest BCUT2D eigenvalue weighted by atomic mass is 32.2. The summed E-state index contributed by atoms with van der Waals surface area (Å²) in [6.07, 6.45) is 5.10. The van der Waals surface area contributed by atoms with Crippen molar-refractivity contribution in [1.29, 1.82) is 0 Å². The van der Waals surface area contributed by atoms with Gasteiger partial charge >= 0.3 is 0 Å². The van der Waals surface area contributed by atoms with Crippen LogP contribution in [0, 0.1) is 5.82 Å². The first-order chi connectivity index (χ1) is 15.7. The summed E-state index contributed by atoms with van der Waals surface area (Å²) < 4.78 is 41.8. The SMILES string of the molecule is Cn1cnc(C(=O)C=C(O)c2cn(S(=O)(=O)c3ccccc3)cc2Cc2ccc(F)cc2)n1. The van der Waals surface area contributed by atoms with Gasteiger partial charge < -0.3 is 5.11 Å². The highest BCUT2D eigenvalue weighted by Gasteiger charge is 2.22. The summed E-state index contributed by atoms with van der Waals surface area (Å²) in [6, 6.07) is 13.5. The second-order valence-corrected chi connectivity index (χ2v) is 9.13. The van der Waals surface area contributed by atoms with Crippen molar-refractivity contribution < 1.29 is 22.7 Å². The minimum atomic E-state index is -3.95. The van der Waals surface area contributed by atoms with Gasteiger partial charge in [0, 0.05) is 31.1 Å². The lowest BCUT2D eigenvalue weighted by Crippen LogP contribution is -2.10. The minimum absolute atomic E-state index is 0.0668. The third-order valence-corrected chi connectivity index (χ3v) is 6.51. The number of rotatable bonds is 7. The Morgan fingerprint density at radius 2 is 1.79 bits per heavy atom. The molecule has 10 heteroatoms. The smallest absolute Gasteiger partial charge is 0.267 e. The molecule has 0 unspecified atom stereocenters. The summed E-state index contributed by atoms with van der Waals surface area (Å²) in [5.41, 5.74) is 1.26. The molecule has 0 bridgehead atoms. The van der Waals surface area contributed by atoms with Gasteiger partial charge in [0.15, 0.2) is 0 Å². The topological polar surface area (TPSA) is 107 Å². The maximum absolute atomic E-state index is 13.3. The third kappa shape index (κ3) is 4.75. The monoisotopic (exact) mass is 466 g/mol. The third-order valence-electron chi connectivity index (χ3n) is 4.88. The molecule has 2 aromatic carbocycles. The maximum Gasteiger partial charge on any atom is 0.267 e. The lowest BCUT2D eigenvalue weighted by Gasteiger charge is -2.05. The zero-order valence-corrected chi connectivity index (χ0v) is 18.3. The molecule has 0 fully saturated rings. The second kappa shape index (κ2) is 8.83. The minimum Gasteiger partial charge on any atom is -0.507 e. The van der Waals surface area contributed by atoms with Gasteiger partial charge in [0.2, 0.25) is 11.6 Å². The number of carbonyl (C=O) groups excluding carboxylic acids is 1. The van der Waals surface area contributed by atoms with Crippen LogP contribution in [0.2, 0.25) is 0 Å². The number of hydrogen-bond acceptors (Lipinski definition) is 6.